The van der Waals surface area contributed by atoms with Gasteiger partial charge in [-0.3, -0.25) is 4.79 Å². The van der Waals surface area contributed by atoms with Crippen LogP contribution in [0.15, 0.2) is 54.6 Å². The van der Waals surface area contributed by atoms with Crippen LogP contribution in [-0.2, 0) is 17.6 Å². The van der Waals surface area contributed by atoms with Gasteiger partial charge >= 0.3 is 0 Å². The quantitative estimate of drug-likeness (QED) is 0.738. The normalized spacial score (nSPS) is 10.7. The fourth-order valence-corrected chi connectivity index (χ4v) is 2.92. The van der Waals surface area contributed by atoms with Crippen molar-refractivity contribution in [2.45, 2.75) is 26.7 Å². The molecule has 0 spiro atoms. The van der Waals surface area contributed by atoms with Gasteiger partial charge in [0.1, 0.15) is 5.82 Å². The van der Waals surface area contributed by atoms with Gasteiger partial charge in [-0.15, -0.1) is 0 Å². The van der Waals surface area contributed by atoms with E-state index in [1.54, 1.807) is 18.2 Å². The van der Waals surface area contributed by atoms with Gasteiger partial charge in [-0.05, 0) is 55.7 Å². The highest BCUT2D eigenvalue weighted by Crippen LogP contribution is 2.13. The van der Waals surface area contributed by atoms with Gasteiger partial charge in [-0.2, -0.15) is 5.10 Å². The molecule has 0 unspecified atom stereocenters. The second-order valence-electron chi connectivity index (χ2n) is 6.37. The number of hydrogen-bond donors (Lipinski definition) is 1. The number of halogens is 1. The summed E-state index contributed by atoms with van der Waals surface area (Å²) in [4.78, 5) is 11.9. The monoisotopic (exact) mass is 351 g/mol. The van der Waals surface area contributed by atoms with Crippen molar-refractivity contribution in [2.75, 3.05) is 6.54 Å². The lowest BCUT2D eigenvalue weighted by molar-refractivity contribution is -0.120. The first-order valence-electron chi connectivity index (χ1n) is 8.65. The van der Waals surface area contributed by atoms with Gasteiger partial charge in [0.05, 0.1) is 17.8 Å². The third kappa shape index (κ3) is 4.36. The highest BCUT2D eigenvalue weighted by atomic mass is 19.1. The summed E-state index contributed by atoms with van der Waals surface area (Å²) in [6, 6.07) is 16.5. The zero-order chi connectivity index (χ0) is 18.5. The molecule has 5 heteroatoms. The Morgan fingerprint density at radius 2 is 1.85 bits per heavy atom. The Labute approximate surface area is 152 Å². The fourth-order valence-electron chi connectivity index (χ4n) is 2.92. The Morgan fingerprint density at radius 1 is 1.12 bits per heavy atom. The van der Waals surface area contributed by atoms with E-state index in [0.29, 0.717) is 12.1 Å². The van der Waals surface area contributed by atoms with E-state index in [0.717, 1.165) is 29.1 Å². The number of hydrogen-bond acceptors (Lipinski definition) is 2. The second-order valence-corrected chi connectivity index (χ2v) is 6.37. The van der Waals surface area contributed by atoms with Crippen molar-refractivity contribution < 1.29 is 9.18 Å². The molecule has 0 bridgehead atoms. The molecule has 1 N–H and O–H groups in total. The number of carbonyl (C=O) groups excluding carboxylic acids is 1. The van der Waals surface area contributed by atoms with E-state index in [1.807, 2.05) is 48.9 Å². The topological polar surface area (TPSA) is 46.9 Å². The van der Waals surface area contributed by atoms with Gasteiger partial charge in [-0.25, -0.2) is 9.07 Å². The number of aryl methyl sites for hydroxylation is 2. The summed E-state index contributed by atoms with van der Waals surface area (Å²) in [5, 5.41) is 7.31. The Kier molecular flexibility index (Phi) is 5.46. The van der Waals surface area contributed by atoms with Crippen molar-refractivity contribution in [3.63, 3.8) is 0 Å². The molecule has 0 aliphatic heterocycles. The Bertz CT molecular complexity index is 900. The standard InChI is InChI=1S/C21H22FN3O/c1-15-13-16(2)25(24-15)19-9-7-17(8-10-19)11-12-23-21(26)14-18-5-3-4-6-20(18)22/h3-10,13H,11-12,14H2,1-2H3,(H,23,26). The molecule has 1 amide bonds. The molecule has 3 rings (SSSR count). The van der Waals surface area contributed by atoms with Gasteiger partial charge in [-0.1, -0.05) is 30.3 Å². The van der Waals surface area contributed by atoms with Gasteiger partial charge < -0.3 is 5.32 Å². The van der Waals surface area contributed by atoms with Crippen LogP contribution >= 0.6 is 0 Å². The van der Waals surface area contributed by atoms with Gasteiger partial charge in [0.15, 0.2) is 0 Å². The number of nitrogens with one attached hydrogen (secondary N) is 1. The maximum atomic E-state index is 13.6. The molecule has 1 aromatic heterocycles. The summed E-state index contributed by atoms with van der Waals surface area (Å²) in [6.45, 7) is 4.52. The lowest BCUT2D eigenvalue weighted by Gasteiger charge is -2.08. The molecule has 4 nitrogen and oxygen atoms in total. The molecule has 1 heterocycles. The van der Waals surface area contributed by atoms with Crippen LogP contribution in [-0.4, -0.2) is 22.2 Å². The molecule has 3 aromatic rings. The third-order valence-corrected chi connectivity index (χ3v) is 4.24. The molecule has 0 saturated carbocycles. The van der Waals surface area contributed by atoms with Gasteiger partial charge in [0.2, 0.25) is 5.91 Å². The first-order chi connectivity index (χ1) is 12.5. The second kappa shape index (κ2) is 7.95. The van der Waals surface area contributed by atoms with Crippen LogP contribution in [0.2, 0.25) is 0 Å². The number of nitrogens with zero attached hydrogens (tertiary/aromatic N) is 2. The van der Waals surface area contributed by atoms with E-state index in [1.165, 1.54) is 6.07 Å². The Balaban J connectivity index is 1.51. The summed E-state index contributed by atoms with van der Waals surface area (Å²) in [5.74, 6) is -0.517. The molecule has 0 aliphatic rings. The van der Waals surface area contributed by atoms with Crippen LogP contribution in [0.5, 0.6) is 0 Å². The minimum absolute atomic E-state index is 0.0591. The number of amides is 1. The van der Waals surface area contributed by atoms with Crippen molar-refractivity contribution in [3.8, 4) is 5.69 Å². The van der Waals surface area contributed by atoms with E-state index in [-0.39, 0.29) is 18.1 Å². The smallest absolute Gasteiger partial charge is 0.224 e. The molecule has 0 atom stereocenters. The predicted molar refractivity (Wildman–Crippen MR) is 99.9 cm³/mol. The predicted octanol–water partition coefficient (Wildman–Crippen LogP) is 3.53. The SMILES string of the molecule is Cc1cc(C)n(-c2ccc(CCNC(=O)Cc3ccccc3F)cc2)n1. The molecule has 0 radical (unpaired) electrons. The van der Waals surface area contributed by atoms with Gasteiger partial charge in [0.25, 0.3) is 0 Å². The van der Waals surface area contributed by atoms with Crippen LogP contribution in [0, 0.1) is 19.7 Å². The molecular weight excluding hydrogens is 329 g/mol. The van der Waals surface area contributed by atoms with Gasteiger partial charge in [0, 0.05) is 12.2 Å². The summed E-state index contributed by atoms with van der Waals surface area (Å²) >= 11 is 0. The first kappa shape index (κ1) is 17.9. The van der Waals surface area contributed by atoms with Crippen LogP contribution in [0.1, 0.15) is 22.5 Å². The van der Waals surface area contributed by atoms with Crippen molar-refractivity contribution >= 4 is 5.91 Å². The molecular formula is C21H22FN3O. The largest absolute Gasteiger partial charge is 0.355 e. The van der Waals surface area contributed by atoms with Crippen LogP contribution < -0.4 is 5.32 Å². The average Bonchev–Trinajstić information content (AvgIpc) is 2.96. The molecule has 0 aliphatic carbocycles. The summed E-state index contributed by atoms with van der Waals surface area (Å²) < 4.78 is 15.5. The van der Waals surface area contributed by atoms with Crippen molar-refractivity contribution in [1.82, 2.24) is 15.1 Å². The number of carbonyl (C=O) groups is 1. The molecule has 0 fully saturated rings. The lowest BCUT2D eigenvalue weighted by atomic mass is 10.1. The fraction of sp³-hybridized carbons (Fsp3) is 0.238. The number of benzene rings is 2. The lowest BCUT2D eigenvalue weighted by Crippen LogP contribution is -2.27. The maximum absolute atomic E-state index is 13.6. The first-order valence-corrected chi connectivity index (χ1v) is 8.65. The molecule has 26 heavy (non-hydrogen) atoms. The van der Waals surface area contributed by atoms with Crippen LogP contribution in [0.3, 0.4) is 0 Å². The molecule has 2 aromatic carbocycles. The number of rotatable bonds is 6. The van der Waals surface area contributed by atoms with E-state index < -0.39 is 0 Å². The Hall–Kier alpha value is -2.95. The van der Waals surface area contributed by atoms with E-state index in [9.17, 15) is 9.18 Å². The number of aromatic nitrogens is 2. The highest BCUT2D eigenvalue weighted by Gasteiger charge is 2.07. The minimum atomic E-state index is -0.345. The molecule has 0 saturated heterocycles. The third-order valence-electron chi connectivity index (χ3n) is 4.24. The van der Waals surface area contributed by atoms with Crippen LogP contribution in [0.4, 0.5) is 4.39 Å². The van der Waals surface area contributed by atoms with Crippen LogP contribution in [0.25, 0.3) is 5.69 Å². The van der Waals surface area contributed by atoms with Crippen molar-refractivity contribution in [3.05, 3.63) is 82.9 Å². The molecule has 134 valence electrons. The minimum Gasteiger partial charge on any atom is -0.355 e. The maximum Gasteiger partial charge on any atom is 0.224 e. The van der Waals surface area contributed by atoms with Crippen molar-refractivity contribution in [1.29, 1.82) is 0 Å². The van der Waals surface area contributed by atoms with Crippen molar-refractivity contribution in [2.24, 2.45) is 0 Å². The summed E-state index contributed by atoms with van der Waals surface area (Å²) in [5.41, 5.74) is 4.64. The zero-order valence-corrected chi connectivity index (χ0v) is 15.0. The van der Waals surface area contributed by atoms with E-state index in [2.05, 4.69) is 10.4 Å². The van der Waals surface area contributed by atoms with E-state index >= 15 is 0 Å². The summed E-state index contributed by atoms with van der Waals surface area (Å²) in [6.07, 6.45) is 0.782. The highest BCUT2D eigenvalue weighted by molar-refractivity contribution is 5.78. The Morgan fingerprint density at radius 3 is 2.50 bits per heavy atom. The summed E-state index contributed by atoms with van der Waals surface area (Å²) in [7, 11) is 0. The average molecular weight is 351 g/mol. The van der Waals surface area contributed by atoms with E-state index in [4.69, 9.17) is 0 Å². The zero-order valence-electron chi connectivity index (χ0n) is 15.0.